The van der Waals surface area contributed by atoms with Crippen LogP contribution in [0, 0.1) is 5.41 Å². The van der Waals surface area contributed by atoms with Gasteiger partial charge >= 0.3 is 0 Å². The fraction of sp³-hybridized carbons (Fsp3) is 1.00. The van der Waals surface area contributed by atoms with Gasteiger partial charge in [-0.2, -0.15) is 0 Å². The number of hydrogen-bond donors (Lipinski definition) is 1. The minimum atomic E-state index is 0.219. The van der Waals surface area contributed by atoms with E-state index in [9.17, 15) is 0 Å². The molecule has 1 nitrogen and oxygen atoms in total. The number of rotatable bonds is 4. The van der Waals surface area contributed by atoms with Crippen LogP contribution in [0.15, 0.2) is 0 Å². The van der Waals surface area contributed by atoms with Gasteiger partial charge in [-0.3, -0.25) is 0 Å². The lowest BCUT2D eigenvalue weighted by Crippen LogP contribution is -2.13. The maximum absolute atomic E-state index is 8.59. The van der Waals surface area contributed by atoms with Gasteiger partial charge in [0.2, 0.25) is 0 Å². The Hall–Kier alpha value is 0.250. The Morgan fingerprint density at radius 3 is 2.22 bits per heavy atom. The molecule has 56 valence electrons. The zero-order valence-electron chi connectivity index (χ0n) is 6.15. The van der Waals surface area contributed by atoms with Gasteiger partial charge in [0.25, 0.3) is 0 Å². The maximum Gasteiger partial charge on any atom is 0.0436 e. The van der Waals surface area contributed by atoms with Gasteiger partial charge in [0, 0.05) is 12.5 Å². The SMILES string of the molecule is CC(C)(CCO)CCCl. The van der Waals surface area contributed by atoms with Crippen molar-refractivity contribution in [2.24, 2.45) is 5.41 Å². The molecule has 0 rings (SSSR count). The number of halogens is 1. The number of hydrogen-bond acceptors (Lipinski definition) is 1. The molecule has 0 unspecified atom stereocenters. The van der Waals surface area contributed by atoms with Crippen molar-refractivity contribution in [2.75, 3.05) is 12.5 Å². The van der Waals surface area contributed by atoms with Crippen molar-refractivity contribution >= 4 is 11.6 Å². The van der Waals surface area contributed by atoms with E-state index in [1.165, 1.54) is 0 Å². The summed E-state index contributed by atoms with van der Waals surface area (Å²) in [6.07, 6.45) is 1.83. The second kappa shape index (κ2) is 4.13. The molecule has 0 aromatic rings. The molecule has 1 N–H and O–H groups in total. The molecular weight excluding hydrogens is 136 g/mol. The average molecular weight is 151 g/mol. The van der Waals surface area contributed by atoms with Crippen molar-refractivity contribution in [3.05, 3.63) is 0 Å². The second-order valence-corrected chi connectivity index (χ2v) is 3.45. The van der Waals surface area contributed by atoms with Crippen molar-refractivity contribution in [3.63, 3.8) is 0 Å². The molecule has 2 heteroatoms. The molecule has 0 spiro atoms. The van der Waals surface area contributed by atoms with Crippen LogP contribution in [0.3, 0.4) is 0 Å². The molecule has 9 heavy (non-hydrogen) atoms. The van der Waals surface area contributed by atoms with Crippen LogP contribution in [-0.4, -0.2) is 17.6 Å². The molecular formula is C7H15ClO. The monoisotopic (exact) mass is 150 g/mol. The summed E-state index contributed by atoms with van der Waals surface area (Å²) in [4.78, 5) is 0. The van der Waals surface area contributed by atoms with E-state index in [1.807, 2.05) is 0 Å². The first-order valence-corrected chi connectivity index (χ1v) is 3.83. The van der Waals surface area contributed by atoms with Gasteiger partial charge in [-0.05, 0) is 18.3 Å². The zero-order valence-corrected chi connectivity index (χ0v) is 6.91. The van der Waals surface area contributed by atoms with E-state index in [1.54, 1.807) is 0 Å². The largest absolute Gasteiger partial charge is 0.396 e. The number of aliphatic hydroxyl groups excluding tert-OH is 1. The second-order valence-electron chi connectivity index (χ2n) is 3.08. The van der Waals surface area contributed by atoms with Crippen LogP contribution in [0.25, 0.3) is 0 Å². The lowest BCUT2D eigenvalue weighted by atomic mass is 9.87. The molecule has 0 aliphatic carbocycles. The van der Waals surface area contributed by atoms with Gasteiger partial charge in [-0.1, -0.05) is 13.8 Å². The first kappa shape index (κ1) is 9.25. The lowest BCUT2D eigenvalue weighted by Gasteiger charge is -2.21. The third-order valence-corrected chi connectivity index (χ3v) is 1.75. The van der Waals surface area contributed by atoms with Crippen molar-refractivity contribution in [1.29, 1.82) is 0 Å². The van der Waals surface area contributed by atoms with Crippen LogP contribution in [0.4, 0.5) is 0 Å². The zero-order chi connectivity index (χ0) is 7.33. The van der Waals surface area contributed by atoms with Crippen LogP contribution in [-0.2, 0) is 0 Å². The lowest BCUT2D eigenvalue weighted by molar-refractivity contribution is 0.208. The van der Waals surface area contributed by atoms with E-state index in [0.29, 0.717) is 5.88 Å². The van der Waals surface area contributed by atoms with Gasteiger partial charge < -0.3 is 5.11 Å². The highest BCUT2D eigenvalue weighted by molar-refractivity contribution is 6.17. The van der Waals surface area contributed by atoms with E-state index in [2.05, 4.69) is 13.8 Å². The maximum atomic E-state index is 8.59. The van der Waals surface area contributed by atoms with E-state index in [0.717, 1.165) is 12.8 Å². The number of alkyl halides is 1. The summed E-state index contributed by atoms with van der Waals surface area (Å²) in [6.45, 7) is 4.50. The Labute approximate surface area is 62.0 Å². The van der Waals surface area contributed by atoms with Gasteiger partial charge in [-0.15, -0.1) is 11.6 Å². The highest BCUT2D eigenvalue weighted by Gasteiger charge is 2.15. The molecule has 0 aliphatic heterocycles. The van der Waals surface area contributed by atoms with Gasteiger partial charge in [0.05, 0.1) is 0 Å². The molecule has 0 radical (unpaired) electrons. The van der Waals surface area contributed by atoms with Crippen molar-refractivity contribution in [2.45, 2.75) is 26.7 Å². The summed E-state index contributed by atoms with van der Waals surface area (Å²) in [6, 6.07) is 0. The first-order chi connectivity index (χ1) is 4.12. The third kappa shape index (κ3) is 4.73. The summed E-state index contributed by atoms with van der Waals surface area (Å²) in [7, 11) is 0. The highest BCUT2D eigenvalue weighted by Crippen LogP contribution is 2.24. The average Bonchev–Trinajstić information content (AvgIpc) is 1.64. The topological polar surface area (TPSA) is 20.2 Å². The summed E-state index contributed by atoms with van der Waals surface area (Å²) < 4.78 is 0. The normalized spacial score (nSPS) is 12.0. The molecule has 0 saturated heterocycles. The summed E-state index contributed by atoms with van der Waals surface area (Å²) in [5.74, 6) is 0.688. The predicted molar refractivity (Wildman–Crippen MR) is 40.8 cm³/mol. The molecule has 0 amide bonds. The molecule has 0 aromatic carbocycles. The van der Waals surface area contributed by atoms with E-state index >= 15 is 0 Å². The van der Waals surface area contributed by atoms with Gasteiger partial charge in [0.15, 0.2) is 0 Å². The van der Waals surface area contributed by atoms with Crippen LogP contribution in [0.2, 0.25) is 0 Å². The fourth-order valence-electron chi connectivity index (χ4n) is 0.683. The first-order valence-electron chi connectivity index (χ1n) is 3.29. The Morgan fingerprint density at radius 2 is 1.89 bits per heavy atom. The Balaban J connectivity index is 3.43. The predicted octanol–water partition coefficient (Wildman–Crippen LogP) is 2.02. The van der Waals surface area contributed by atoms with Crippen LogP contribution in [0.5, 0.6) is 0 Å². The standard InChI is InChI=1S/C7H15ClO/c1-7(2,3-5-8)4-6-9/h9H,3-6H2,1-2H3. The molecule has 0 aromatic heterocycles. The van der Waals surface area contributed by atoms with E-state index < -0.39 is 0 Å². The van der Waals surface area contributed by atoms with Crippen LogP contribution < -0.4 is 0 Å². The van der Waals surface area contributed by atoms with Crippen LogP contribution >= 0.6 is 11.6 Å². The molecule has 0 aliphatic rings. The molecule has 0 saturated carbocycles. The van der Waals surface area contributed by atoms with E-state index in [-0.39, 0.29) is 12.0 Å². The smallest absolute Gasteiger partial charge is 0.0436 e. The summed E-state index contributed by atoms with van der Waals surface area (Å²) in [5, 5.41) is 8.59. The van der Waals surface area contributed by atoms with Crippen molar-refractivity contribution < 1.29 is 5.11 Å². The Kier molecular flexibility index (Phi) is 4.24. The quantitative estimate of drug-likeness (QED) is 0.608. The van der Waals surface area contributed by atoms with E-state index in [4.69, 9.17) is 16.7 Å². The molecule has 0 heterocycles. The third-order valence-electron chi connectivity index (χ3n) is 1.56. The van der Waals surface area contributed by atoms with Crippen molar-refractivity contribution in [1.82, 2.24) is 0 Å². The minimum Gasteiger partial charge on any atom is -0.396 e. The van der Waals surface area contributed by atoms with Gasteiger partial charge in [0.1, 0.15) is 0 Å². The Bertz CT molecular complexity index is 63.3. The van der Waals surface area contributed by atoms with Crippen LogP contribution in [0.1, 0.15) is 26.7 Å². The minimum absolute atomic E-state index is 0.219. The summed E-state index contributed by atoms with van der Waals surface area (Å²) >= 11 is 5.54. The molecule has 0 atom stereocenters. The van der Waals surface area contributed by atoms with Gasteiger partial charge in [-0.25, -0.2) is 0 Å². The fourth-order valence-corrected chi connectivity index (χ4v) is 1.20. The number of aliphatic hydroxyl groups is 1. The van der Waals surface area contributed by atoms with Crippen molar-refractivity contribution in [3.8, 4) is 0 Å². The molecule has 0 fully saturated rings. The molecule has 0 bridgehead atoms. The highest BCUT2D eigenvalue weighted by atomic mass is 35.5. The Morgan fingerprint density at radius 1 is 1.33 bits per heavy atom. The summed E-state index contributed by atoms with van der Waals surface area (Å²) in [5.41, 5.74) is 0.219.